The Morgan fingerprint density at radius 1 is 1.35 bits per heavy atom. The predicted molar refractivity (Wildman–Crippen MR) is 83.3 cm³/mol. The minimum absolute atomic E-state index is 0.135. The highest BCUT2D eigenvalue weighted by atomic mass is 32.2. The van der Waals surface area contributed by atoms with Crippen LogP contribution in [-0.2, 0) is 16.0 Å². The molecule has 2 heterocycles. The van der Waals surface area contributed by atoms with Crippen LogP contribution in [0.1, 0.15) is 12.0 Å². The Balaban J connectivity index is 1.65. The van der Waals surface area contributed by atoms with Crippen molar-refractivity contribution in [2.24, 2.45) is 0 Å². The number of aliphatic carboxylic acids is 1. The molecule has 23 heavy (non-hydrogen) atoms. The number of thioether (sulfide) groups is 1. The second-order valence-electron chi connectivity index (χ2n) is 5.34. The molecule has 1 amide bonds. The van der Waals surface area contributed by atoms with Crippen LogP contribution in [0.25, 0.3) is 5.69 Å². The van der Waals surface area contributed by atoms with E-state index in [4.69, 9.17) is 0 Å². The van der Waals surface area contributed by atoms with Crippen LogP contribution in [0.2, 0.25) is 0 Å². The fraction of sp³-hybridized carbons (Fsp3) is 0.357. The molecule has 0 radical (unpaired) electrons. The van der Waals surface area contributed by atoms with Gasteiger partial charge in [0.2, 0.25) is 5.91 Å². The van der Waals surface area contributed by atoms with Crippen LogP contribution >= 0.6 is 11.8 Å². The van der Waals surface area contributed by atoms with E-state index in [1.165, 1.54) is 11.0 Å². The van der Waals surface area contributed by atoms with Crippen molar-refractivity contribution >= 4 is 23.6 Å². The Kier molecular flexibility index (Phi) is 4.28. The van der Waals surface area contributed by atoms with E-state index >= 15 is 0 Å². The van der Waals surface area contributed by atoms with Crippen molar-refractivity contribution in [3.8, 4) is 5.69 Å². The van der Waals surface area contributed by atoms with Gasteiger partial charge in [-0.1, -0.05) is 12.1 Å². The topological polar surface area (TPSA) is 110 Å². The summed E-state index contributed by atoms with van der Waals surface area (Å²) in [5.74, 6) is -0.102. The molecule has 1 fully saturated rings. The standard InChI is InChI=1S/C14H15N5O3S/c20-12(16-14(13(21)22)5-6-23-8-14)7-10-1-3-11(4-2-10)19-9-15-17-18-19/h1-4,9H,5-8H2,(H,16,20)(H,21,22). The number of nitrogens with one attached hydrogen (secondary N) is 1. The molecule has 3 rings (SSSR count). The third-order valence-corrected chi connectivity index (χ3v) is 4.91. The molecule has 9 heteroatoms. The van der Waals surface area contributed by atoms with Crippen molar-refractivity contribution in [2.45, 2.75) is 18.4 Å². The number of nitrogens with zero attached hydrogens (tertiary/aromatic N) is 4. The van der Waals surface area contributed by atoms with Crippen molar-refractivity contribution < 1.29 is 14.7 Å². The highest BCUT2D eigenvalue weighted by Crippen LogP contribution is 2.28. The lowest BCUT2D eigenvalue weighted by molar-refractivity contribution is -0.146. The molecule has 1 atom stereocenters. The van der Waals surface area contributed by atoms with E-state index in [2.05, 4.69) is 20.8 Å². The molecule has 1 aliphatic heterocycles. The molecule has 2 N–H and O–H groups in total. The van der Waals surface area contributed by atoms with Gasteiger partial charge in [0.15, 0.2) is 0 Å². The number of carbonyl (C=O) groups is 2. The van der Waals surface area contributed by atoms with E-state index in [0.29, 0.717) is 12.2 Å². The largest absolute Gasteiger partial charge is 0.479 e. The normalized spacial score (nSPS) is 20.3. The van der Waals surface area contributed by atoms with Crippen LogP contribution in [0.5, 0.6) is 0 Å². The van der Waals surface area contributed by atoms with E-state index in [1.54, 1.807) is 36.0 Å². The van der Waals surface area contributed by atoms with Crippen LogP contribution in [-0.4, -0.2) is 54.2 Å². The molecule has 0 bridgehead atoms. The Bertz CT molecular complexity index is 696. The molecule has 0 saturated carbocycles. The molecule has 1 aromatic heterocycles. The third-order valence-electron chi connectivity index (χ3n) is 3.72. The summed E-state index contributed by atoms with van der Waals surface area (Å²) < 4.78 is 1.51. The van der Waals surface area contributed by atoms with Gasteiger partial charge in [0.25, 0.3) is 0 Å². The lowest BCUT2D eigenvalue weighted by Crippen LogP contribution is -2.55. The number of hydrogen-bond donors (Lipinski definition) is 2. The number of hydrogen-bond acceptors (Lipinski definition) is 6. The fourth-order valence-corrected chi connectivity index (χ4v) is 3.75. The van der Waals surface area contributed by atoms with Gasteiger partial charge >= 0.3 is 5.97 Å². The molecule has 1 aromatic carbocycles. The summed E-state index contributed by atoms with van der Waals surface area (Å²) in [4.78, 5) is 23.6. The van der Waals surface area contributed by atoms with Crippen molar-refractivity contribution in [3.63, 3.8) is 0 Å². The van der Waals surface area contributed by atoms with Gasteiger partial charge in [-0.2, -0.15) is 11.8 Å². The summed E-state index contributed by atoms with van der Waals surface area (Å²) in [5, 5.41) is 23.0. The molecule has 1 aliphatic rings. The monoisotopic (exact) mass is 333 g/mol. The Labute approximate surface area is 136 Å². The van der Waals surface area contributed by atoms with Gasteiger partial charge in [-0.15, -0.1) is 5.10 Å². The van der Waals surface area contributed by atoms with Crippen molar-refractivity contribution in [2.75, 3.05) is 11.5 Å². The number of amides is 1. The summed E-state index contributed by atoms with van der Waals surface area (Å²) in [6.45, 7) is 0. The van der Waals surface area contributed by atoms with E-state index in [-0.39, 0.29) is 12.3 Å². The van der Waals surface area contributed by atoms with Crippen LogP contribution in [0.3, 0.4) is 0 Å². The van der Waals surface area contributed by atoms with Crippen LogP contribution in [0.15, 0.2) is 30.6 Å². The highest BCUT2D eigenvalue weighted by molar-refractivity contribution is 7.99. The Morgan fingerprint density at radius 2 is 2.13 bits per heavy atom. The molecular weight excluding hydrogens is 318 g/mol. The second-order valence-corrected chi connectivity index (χ2v) is 6.44. The SMILES string of the molecule is O=C(Cc1ccc(-n2cnnn2)cc1)NC1(C(=O)O)CCSC1. The summed E-state index contributed by atoms with van der Waals surface area (Å²) >= 11 is 1.54. The first kappa shape index (κ1) is 15.5. The number of carboxylic acids is 1. The van der Waals surface area contributed by atoms with Gasteiger partial charge in [-0.25, -0.2) is 9.48 Å². The summed E-state index contributed by atoms with van der Waals surface area (Å²) in [6.07, 6.45) is 2.07. The number of tetrazole rings is 1. The highest BCUT2D eigenvalue weighted by Gasteiger charge is 2.43. The first-order chi connectivity index (χ1) is 11.1. The van der Waals surface area contributed by atoms with Crippen molar-refractivity contribution in [1.29, 1.82) is 0 Å². The maximum atomic E-state index is 12.2. The molecule has 8 nitrogen and oxygen atoms in total. The molecule has 0 aliphatic carbocycles. The average Bonchev–Trinajstić information content (AvgIpc) is 3.20. The van der Waals surface area contributed by atoms with Crippen molar-refractivity contribution in [1.82, 2.24) is 25.5 Å². The number of benzene rings is 1. The lowest BCUT2D eigenvalue weighted by atomic mass is 9.98. The Hall–Kier alpha value is -2.42. The number of aromatic nitrogens is 4. The average molecular weight is 333 g/mol. The van der Waals surface area contributed by atoms with Crippen LogP contribution in [0, 0.1) is 0 Å². The van der Waals surface area contributed by atoms with E-state index in [0.717, 1.165) is 17.0 Å². The maximum Gasteiger partial charge on any atom is 0.330 e. The van der Waals surface area contributed by atoms with E-state index in [9.17, 15) is 14.7 Å². The van der Waals surface area contributed by atoms with Crippen molar-refractivity contribution in [3.05, 3.63) is 36.2 Å². The summed E-state index contributed by atoms with van der Waals surface area (Å²) in [5.41, 5.74) is 0.451. The first-order valence-electron chi connectivity index (χ1n) is 7.03. The molecule has 1 saturated heterocycles. The zero-order chi connectivity index (χ0) is 16.3. The van der Waals surface area contributed by atoms with Gasteiger partial charge in [0.05, 0.1) is 12.1 Å². The van der Waals surface area contributed by atoms with E-state index < -0.39 is 11.5 Å². The molecular formula is C14H15N5O3S. The smallest absolute Gasteiger partial charge is 0.330 e. The zero-order valence-corrected chi connectivity index (χ0v) is 13.0. The predicted octanol–water partition coefficient (Wildman–Crippen LogP) is 0.281. The number of carbonyl (C=O) groups excluding carboxylic acids is 1. The molecule has 1 unspecified atom stereocenters. The van der Waals surface area contributed by atoms with Gasteiger partial charge in [-0.3, -0.25) is 4.79 Å². The van der Waals surface area contributed by atoms with Gasteiger partial charge in [0.1, 0.15) is 11.9 Å². The third kappa shape index (κ3) is 3.34. The minimum atomic E-state index is -1.13. The maximum absolute atomic E-state index is 12.2. The summed E-state index contributed by atoms with van der Waals surface area (Å²) in [7, 11) is 0. The van der Waals surface area contributed by atoms with Gasteiger partial charge in [-0.05, 0) is 40.3 Å². The van der Waals surface area contributed by atoms with Gasteiger partial charge in [0, 0.05) is 5.75 Å². The molecule has 2 aromatic rings. The van der Waals surface area contributed by atoms with Crippen LogP contribution in [0.4, 0.5) is 0 Å². The first-order valence-corrected chi connectivity index (χ1v) is 8.19. The quantitative estimate of drug-likeness (QED) is 0.808. The number of rotatable bonds is 5. The summed E-state index contributed by atoms with van der Waals surface area (Å²) in [6, 6.07) is 7.20. The van der Waals surface area contributed by atoms with E-state index in [1.807, 2.05) is 0 Å². The Morgan fingerprint density at radius 3 is 2.70 bits per heavy atom. The number of carboxylic acid groups (broad SMARTS) is 1. The second kappa shape index (κ2) is 6.37. The van der Waals surface area contributed by atoms with Crippen LogP contribution < -0.4 is 5.32 Å². The molecule has 0 spiro atoms. The zero-order valence-electron chi connectivity index (χ0n) is 12.2. The molecule has 120 valence electrons. The fourth-order valence-electron chi connectivity index (χ4n) is 2.43. The van der Waals surface area contributed by atoms with Gasteiger partial charge < -0.3 is 10.4 Å². The minimum Gasteiger partial charge on any atom is -0.479 e. The lowest BCUT2D eigenvalue weighted by Gasteiger charge is -2.24.